The molecule has 17 heavy (non-hydrogen) atoms. The first-order chi connectivity index (χ1) is 8.04. The molecule has 0 aliphatic rings. The summed E-state index contributed by atoms with van der Waals surface area (Å²) in [7, 11) is 0. The van der Waals surface area contributed by atoms with E-state index in [2.05, 4.69) is 23.5 Å². The number of rotatable bonds is 4. The van der Waals surface area contributed by atoms with Crippen LogP contribution in [0.4, 0.5) is 0 Å². The number of esters is 1. The Hall–Kier alpha value is -1.29. The molecule has 0 bridgehead atoms. The smallest absolute Gasteiger partial charge is 0.350 e. The van der Waals surface area contributed by atoms with Crippen molar-refractivity contribution in [3.05, 3.63) is 28.8 Å². The van der Waals surface area contributed by atoms with Gasteiger partial charge in [-0.2, -0.15) is 0 Å². The van der Waals surface area contributed by atoms with Crippen LogP contribution in [0.5, 0.6) is 0 Å². The highest BCUT2D eigenvalue weighted by Gasteiger charge is 2.04. The van der Waals surface area contributed by atoms with Crippen molar-refractivity contribution >= 4 is 24.1 Å². The van der Waals surface area contributed by atoms with E-state index < -0.39 is 5.97 Å². The molecule has 0 radical (unpaired) electrons. The van der Waals surface area contributed by atoms with Crippen LogP contribution in [0.2, 0.25) is 0 Å². The van der Waals surface area contributed by atoms with Crippen LogP contribution in [-0.4, -0.2) is 18.8 Å². The molecule has 0 saturated heterocycles. The van der Waals surface area contributed by atoms with Crippen LogP contribution in [0.25, 0.3) is 0 Å². The van der Waals surface area contributed by atoms with Gasteiger partial charge in [-0.1, -0.05) is 17.7 Å². The minimum atomic E-state index is -0.401. The molecule has 0 unspecified atom stereocenters. The monoisotopic (exact) mass is 251 g/mol. The van der Waals surface area contributed by atoms with Crippen LogP contribution < -0.4 is 0 Å². The van der Waals surface area contributed by atoms with E-state index in [0.29, 0.717) is 6.61 Å². The van der Waals surface area contributed by atoms with Gasteiger partial charge in [-0.15, -0.1) is 0 Å². The maximum absolute atomic E-state index is 11.1. The Bertz CT molecular complexity index is 418. The Labute approximate surface area is 106 Å². The molecular formula is C13H17NO2S. The molecule has 0 aliphatic carbocycles. The summed E-state index contributed by atoms with van der Waals surface area (Å²) in [5.41, 5.74) is 3.58. The van der Waals surface area contributed by atoms with E-state index in [0.717, 1.165) is 4.90 Å². The number of hydrogen-bond acceptors (Lipinski definition) is 4. The van der Waals surface area contributed by atoms with Crippen LogP contribution in [0.15, 0.2) is 21.4 Å². The normalized spacial score (nSPS) is 10.8. The molecule has 0 saturated carbocycles. The number of benzene rings is 1. The summed E-state index contributed by atoms with van der Waals surface area (Å²) >= 11 is 1.31. The first kappa shape index (κ1) is 13.8. The van der Waals surface area contributed by atoms with Gasteiger partial charge in [-0.3, -0.25) is 0 Å². The van der Waals surface area contributed by atoms with Crippen molar-refractivity contribution in [2.45, 2.75) is 32.6 Å². The fourth-order valence-electron chi connectivity index (χ4n) is 1.61. The second kappa shape index (κ2) is 6.45. The van der Waals surface area contributed by atoms with E-state index in [-0.39, 0.29) is 0 Å². The van der Waals surface area contributed by atoms with E-state index in [1.807, 2.05) is 13.8 Å². The van der Waals surface area contributed by atoms with Gasteiger partial charge in [0.15, 0.2) is 0 Å². The lowest BCUT2D eigenvalue weighted by atomic mass is 10.1. The van der Waals surface area contributed by atoms with Crippen molar-refractivity contribution in [1.29, 1.82) is 0 Å². The molecule has 92 valence electrons. The van der Waals surface area contributed by atoms with Crippen LogP contribution in [-0.2, 0) is 9.53 Å². The minimum Gasteiger partial charge on any atom is -0.462 e. The molecule has 0 aliphatic heterocycles. The lowest BCUT2D eigenvalue weighted by molar-refractivity contribution is -0.134. The van der Waals surface area contributed by atoms with Gasteiger partial charge in [0.25, 0.3) is 0 Å². The number of nitrogens with zero attached hydrogens (tertiary/aromatic N) is 1. The maximum atomic E-state index is 11.1. The van der Waals surface area contributed by atoms with Gasteiger partial charge in [0.1, 0.15) is 6.21 Å². The summed E-state index contributed by atoms with van der Waals surface area (Å²) in [4.78, 5) is 12.2. The zero-order valence-corrected chi connectivity index (χ0v) is 11.4. The molecule has 0 spiro atoms. The van der Waals surface area contributed by atoms with Crippen molar-refractivity contribution in [3.8, 4) is 0 Å². The lowest BCUT2D eigenvalue weighted by Gasteiger charge is -2.07. The minimum absolute atomic E-state index is 0.373. The molecule has 0 amide bonds. The SMILES string of the molecule is CCOC(=O)/C=N/Sc1c(C)cc(C)cc1C. The molecule has 0 N–H and O–H groups in total. The predicted octanol–water partition coefficient (Wildman–Crippen LogP) is 3.25. The molecule has 4 heteroatoms. The fraction of sp³-hybridized carbons (Fsp3) is 0.385. The van der Waals surface area contributed by atoms with Crippen LogP contribution in [0, 0.1) is 20.8 Å². The summed E-state index contributed by atoms with van der Waals surface area (Å²) in [6.45, 7) is 8.30. The predicted molar refractivity (Wildman–Crippen MR) is 71.6 cm³/mol. The molecule has 0 atom stereocenters. The topological polar surface area (TPSA) is 38.7 Å². The highest BCUT2D eigenvalue weighted by atomic mass is 32.2. The summed E-state index contributed by atoms with van der Waals surface area (Å²) in [6, 6.07) is 4.21. The average molecular weight is 251 g/mol. The second-order valence-electron chi connectivity index (χ2n) is 3.81. The van der Waals surface area contributed by atoms with Crippen molar-refractivity contribution in [3.63, 3.8) is 0 Å². The zero-order chi connectivity index (χ0) is 12.8. The van der Waals surface area contributed by atoms with Gasteiger partial charge in [0.05, 0.1) is 6.61 Å². The van der Waals surface area contributed by atoms with Crippen molar-refractivity contribution in [2.24, 2.45) is 4.40 Å². The molecule has 0 fully saturated rings. The number of carbonyl (C=O) groups excluding carboxylic acids is 1. The van der Waals surface area contributed by atoms with Crippen LogP contribution in [0.1, 0.15) is 23.6 Å². The maximum Gasteiger partial charge on any atom is 0.350 e. The molecule has 1 aromatic carbocycles. The van der Waals surface area contributed by atoms with Crippen molar-refractivity contribution < 1.29 is 9.53 Å². The fourth-order valence-corrected chi connectivity index (χ4v) is 2.26. The summed E-state index contributed by atoms with van der Waals surface area (Å²) < 4.78 is 8.79. The summed E-state index contributed by atoms with van der Waals surface area (Å²) in [5.74, 6) is -0.401. The molecule has 0 heterocycles. The van der Waals surface area contributed by atoms with E-state index in [9.17, 15) is 4.79 Å². The van der Waals surface area contributed by atoms with Gasteiger partial charge in [-0.05, 0) is 38.8 Å². The highest BCUT2D eigenvalue weighted by molar-refractivity contribution is 7.98. The standard InChI is InChI=1S/C13H17NO2S/c1-5-16-12(15)8-14-17-13-10(3)6-9(2)7-11(13)4/h6-8H,5H2,1-4H3/b14-8+. The third kappa shape index (κ3) is 4.23. The van der Waals surface area contributed by atoms with Gasteiger partial charge in [0.2, 0.25) is 0 Å². The average Bonchev–Trinajstić information content (AvgIpc) is 2.22. The third-order valence-corrected chi connectivity index (χ3v) is 3.23. The number of carbonyl (C=O) groups is 1. The Morgan fingerprint density at radius 1 is 1.35 bits per heavy atom. The largest absolute Gasteiger partial charge is 0.462 e. The first-order valence-electron chi connectivity index (χ1n) is 5.49. The summed E-state index contributed by atoms with van der Waals surface area (Å²) in [6.07, 6.45) is 1.22. The number of ether oxygens (including phenoxy) is 1. The van der Waals surface area contributed by atoms with E-state index in [4.69, 9.17) is 4.74 Å². The third-order valence-electron chi connectivity index (χ3n) is 2.19. The van der Waals surface area contributed by atoms with Gasteiger partial charge in [0, 0.05) is 16.8 Å². The van der Waals surface area contributed by atoms with Crippen LogP contribution in [0.3, 0.4) is 0 Å². The summed E-state index contributed by atoms with van der Waals surface area (Å²) in [5, 5.41) is 0. The number of aryl methyl sites for hydroxylation is 3. The van der Waals surface area contributed by atoms with Gasteiger partial charge >= 0.3 is 5.97 Å². The van der Waals surface area contributed by atoms with Gasteiger partial charge < -0.3 is 4.74 Å². The van der Waals surface area contributed by atoms with E-state index in [1.165, 1.54) is 34.9 Å². The Morgan fingerprint density at radius 3 is 2.47 bits per heavy atom. The quantitative estimate of drug-likeness (QED) is 0.468. The molecular weight excluding hydrogens is 234 g/mol. The zero-order valence-electron chi connectivity index (χ0n) is 10.6. The number of hydrogen-bond donors (Lipinski definition) is 0. The lowest BCUT2D eigenvalue weighted by Crippen LogP contribution is -2.04. The Morgan fingerprint density at radius 2 is 1.94 bits per heavy atom. The van der Waals surface area contributed by atoms with Gasteiger partial charge in [-0.25, -0.2) is 9.19 Å². The van der Waals surface area contributed by atoms with Crippen molar-refractivity contribution in [1.82, 2.24) is 0 Å². The Balaban J connectivity index is 2.73. The van der Waals surface area contributed by atoms with E-state index >= 15 is 0 Å². The Kier molecular flexibility index (Phi) is 5.22. The second-order valence-corrected chi connectivity index (χ2v) is 4.61. The van der Waals surface area contributed by atoms with Crippen LogP contribution >= 0.6 is 11.9 Å². The molecule has 0 aromatic heterocycles. The highest BCUT2D eigenvalue weighted by Crippen LogP contribution is 2.27. The molecule has 1 aromatic rings. The van der Waals surface area contributed by atoms with E-state index in [1.54, 1.807) is 6.92 Å². The molecule has 3 nitrogen and oxygen atoms in total. The first-order valence-corrected chi connectivity index (χ1v) is 6.27. The van der Waals surface area contributed by atoms with Crippen molar-refractivity contribution in [2.75, 3.05) is 6.61 Å². The molecule has 1 rings (SSSR count).